The number of rotatable bonds is 4. The van der Waals surface area contributed by atoms with Crippen LogP contribution in [-0.4, -0.2) is 25.0 Å². The fraction of sp³-hybridized carbons (Fsp3) is 0.176. The quantitative estimate of drug-likeness (QED) is 0.635. The lowest BCUT2D eigenvalue weighted by molar-refractivity contribution is 0.452. The number of H-pyrrole nitrogens is 2. The van der Waals surface area contributed by atoms with E-state index in [1.807, 2.05) is 4.98 Å². The summed E-state index contributed by atoms with van der Waals surface area (Å²) in [5.74, 6) is -0.549. The highest BCUT2D eigenvalue weighted by Gasteiger charge is 2.16. The van der Waals surface area contributed by atoms with E-state index >= 15 is 0 Å². The number of nitriles is 1. The summed E-state index contributed by atoms with van der Waals surface area (Å²) in [6.07, 6.45) is 0. The number of hydrogen-bond donors (Lipinski definition) is 2. The van der Waals surface area contributed by atoms with Gasteiger partial charge in [0.15, 0.2) is 5.75 Å². The smallest absolute Gasteiger partial charge is 0.349 e. The van der Waals surface area contributed by atoms with Crippen LogP contribution in [-0.2, 0) is 0 Å². The van der Waals surface area contributed by atoms with E-state index in [1.165, 1.54) is 12.1 Å². The zero-order valence-corrected chi connectivity index (χ0v) is 16.3. The fourth-order valence-electron chi connectivity index (χ4n) is 2.26. The topological polar surface area (TPSA) is 147 Å². The predicted octanol–water partition coefficient (Wildman–Crippen LogP) is 2.10. The zero-order valence-electron chi connectivity index (χ0n) is 16.8. The molecule has 29 heavy (non-hydrogen) atoms. The SMILES string of the molecule is [2H]c1c(Cl)c(Oc2cc(C(C)C)c(=O)[nH]n2)c(Cl)c([2H])c1-n1nc(C#N)c(=O)[nH]c1=O. The highest BCUT2D eigenvalue weighted by molar-refractivity contribution is 6.37. The van der Waals surface area contributed by atoms with Crippen molar-refractivity contribution < 1.29 is 7.48 Å². The maximum Gasteiger partial charge on any atom is 0.349 e. The van der Waals surface area contributed by atoms with E-state index in [0.29, 0.717) is 10.2 Å². The second kappa shape index (κ2) is 7.90. The molecular formula is C17H12Cl2N6O4. The Kier molecular flexibility index (Phi) is 4.81. The molecule has 2 N–H and O–H groups in total. The molecule has 0 fully saturated rings. The Morgan fingerprint density at radius 2 is 1.90 bits per heavy atom. The van der Waals surface area contributed by atoms with Crippen molar-refractivity contribution in [3.8, 4) is 23.4 Å². The number of aromatic nitrogens is 5. The normalized spacial score (nSPS) is 11.7. The number of aromatic amines is 2. The summed E-state index contributed by atoms with van der Waals surface area (Å²) < 4.78 is 22.5. The monoisotopic (exact) mass is 436 g/mol. The van der Waals surface area contributed by atoms with Crippen molar-refractivity contribution in [2.24, 2.45) is 0 Å². The van der Waals surface area contributed by atoms with E-state index in [4.69, 9.17) is 35.9 Å². The molecule has 148 valence electrons. The first-order chi connectivity index (χ1) is 14.6. The van der Waals surface area contributed by atoms with Crippen LogP contribution in [0.25, 0.3) is 5.69 Å². The largest absolute Gasteiger partial charge is 0.434 e. The highest BCUT2D eigenvalue weighted by atomic mass is 35.5. The van der Waals surface area contributed by atoms with Crippen molar-refractivity contribution >= 4 is 23.2 Å². The van der Waals surface area contributed by atoms with Gasteiger partial charge in [-0.2, -0.15) is 9.94 Å². The Morgan fingerprint density at radius 1 is 1.24 bits per heavy atom. The molecule has 0 saturated carbocycles. The van der Waals surface area contributed by atoms with Crippen molar-refractivity contribution in [2.75, 3.05) is 0 Å². The van der Waals surface area contributed by atoms with Gasteiger partial charge in [-0.15, -0.1) is 10.2 Å². The number of ether oxygens (including phenoxy) is 1. The molecule has 3 aromatic rings. The minimum absolute atomic E-state index is 0.0928. The molecule has 0 aliphatic carbocycles. The highest BCUT2D eigenvalue weighted by Crippen LogP contribution is 2.37. The molecule has 10 nitrogen and oxygen atoms in total. The van der Waals surface area contributed by atoms with Gasteiger partial charge in [0.25, 0.3) is 11.1 Å². The summed E-state index contributed by atoms with van der Waals surface area (Å²) in [7, 11) is 0. The van der Waals surface area contributed by atoms with Crippen molar-refractivity contribution in [1.29, 1.82) is 5.26 Å². The van der Waals surface area contributed by atoms with Gasteiger partial charge in [0.1, 0.15) is 6.07 Å². The Morgan fingerprint density at radius 3 is 2.48 bits per heavy atom. The van der Waals surface area contributed by atoms with E-state index in [-0.39, 0.29) is 17.5 Å². The molecule has 0 radical (unpaired) electrons. The fourth-order valence-corrected chi connectivity index (χ4v) is 2.75. The van der Waals surface area contributed by atoms with Crippen molar-refractivity contribution in [2.45, 2.75) is 19.8 Å². The van der Waals surface area contributed by atoms with Gasteiger partial charge in [-0.1, -0.05) is 37.0 Å². The summed E-state index contributed by atoms with van der Waals surface area (Å²) in [5.41, 5.74) is -3.30. The van der Waals surface area contributed by atoms with Crippen LogP contribution in [0.5, 0.6) is 11.6 Å². The Balaban J connectivity index is 2.20. The molecule has 0 aliphatic heterocycles. The van der Waals surface area contributed by atoms with Gasteiger partial charge in [0, 0.05) is 11.6 Å². The number of hydrogen-bond acceptors (Lipinski definition) is 7. The molecule has 0 bridgehead atoms. The average Bonchev–Trinajstić information content (AvgIpc) is 2.72. The van der Waals surface area contributed by atoms with Crippen LogP contribution in [0.4, 0.5) is 0 Å². The predicted molar refractivity (Wildman–Crippen MR) is 104 cm³/mol. The standard InChI is InChI=1S/C17H12Cl2N6O4/c1-7(2)9-5-13(22-23-15(9)26)29-14-10(18)3-8(4-11(14)19)25-17(28)21-16(27)12(6-20)24-25/h3-5,7H,1-2H3,(H,23,26)(H,21,27,28)/i3D,4D. The summed E-state index contributed by atoms with van der Waals surface area (Å²) in [6, 6.07) is 1.71. The molecule has 2 aromatic heterocycles. The van der Waals surface area contributed by atoms with E-state index in [2.05, 4.69) is 15.3 Å². The molecule has 3 rings (SSSR count). The lowest BCUT2D eigenvalue weighted by Crippen LogP contribution is -2.33. The van der Waals surface area contributed by atoms with Crippen LogP contribution in [0.2, 0.25) is 10.0 Å². The molecular weight excluding hydrogens is 423 g/mol. The summed E-state index contributed by atoms with van der Waals surface area (Å²) in [5, 5.41) is 17.8. The molecule has 0 amide bonds. The molecule has 1 aromatic carbocycles. The van der Waals surface area contributed by atoms with E-state index < -0.39 is 50.3 Å². The van der Waals surface area contributed by atoms with Crippen molar-refractivity contribution in [3.05, 3.63) is 70.6 Å². The zero-order chi connectivity index (χ0) is 23.0. The third-order valence-electron chi connectivity index (χ3n) is 3.64. The molecule has 0 spiro atoms. The van der Waals surface area contributed by atoms with Gasteiger partial charge >= 0.3 is 5.69 Å². The average molecular weight is 437 g/mol. The maximum atomic E-state index is 12.2. The van der Waals surface area contributed by atoms with Gasteiger partial charge in [0.2, 0.25) is 11.6 Å². The minimum atomic E-state index is -1.10. The first-order valence-corrected chi connectivity index (χ1v) is 8.72. The molecule has 0 saturated heterocycles. The Labute approximate surface area is 175 Å². The van der Waals surface area contributed by atoms with Crippen LogP contribution in [0.1, 0.15) is 33.8 Å². The summed E-state index contributed by atoms with van der Waals surface area (Å²) >= 11 is 12.4. The number of nitrogens with one attached hydrogen (secondary N) is 2. The first-order valence-electron chi connectivity index (χ1n) is 8.96. The van der Waals surface area contributed by atoms with Crippen molar-refractivity contribution in [1.82, 2.24) is 25.0 Å². The van der Waals surface area contributed by atoms with E-state index in [1.54, 1.807) is 13.8 Å². The molecule has 2 heterocycles. The maximum absolute atomic E-state index is 12.2. The molecule has 0 aliphatic rings. The lowest BCUT2D eigenvalue weighted by atomic mass is 10.1. The number of nitrogens with zero attached hydrogens (tertiary/aromatic N) is 4. The summed E-state index contributed by atoms with van der Waals surface area (Å²) in [6.45, 7) is 3.58. The van der Waals surface area contributed by atoms with Crippen molar-refractivity contribution in [3.63, 3.8) is 0 Å². The second-order valence-corrected chi connectivity index (χ2v) is 6.69. The van der Waals surface area contributed by atoms with Gasteiger partial charge in [-0.3, -0.25) is 14.6 Å². The van der Waals surface area contributed by atoms with E-state index in [0.717, 1.165) is 0 Å². The molecule has 0 unspecified atom stereocenters. The van der Waals surface area contributed by atoms with E-state index in [9.17, 15) is 14.4 Å². The Bertz CT molecular complexity index is 1400. The van der Waals surface area contributed by atoms with Crippen LogP contribution < -0.4 is 21.5 Å². The third kappa shape index (κ3) is 4.06. The second-order valence-electron chi connectivity index (χ2n) is 5.93. The summed E-state index contributed by atoms with van der Waals surface area (Å²) in [4.78, 5) is 37.4. The van der Waals surface area contributed by atoms with Crippen LogP contribution in [0, 0.1) is 11.3 Å². The van der Waals surface area contributed by atoms with Crippen LogP contribution >= 0.6 is 23.2 Å². The lowest BCUT2D eigenvalue weighted by Gasteiger charge is -2.12. The molecule has 12 heteroatoms. The first kappa shape index (κ1) is 17.7. The number of benzene rings is 1. The molecule has 0 atom stereocenters. The van der Waals surface area contributed by atoms with Crippen LogP contribution in [0.15, 0.2) is 32.5 Å². The third-order valence-corrected chi connectivity index (χ3v) is 4.17. The number of halogens is 2. The Hall–Kier alpha value is -3.42. The van der Waals surface area contributed by atoms with Gasteiger partial charge < -0.3 is 4.74 Å². The van der Waals surface area contributed by atoms with Gasteiger partial charge in [0.05, 0.1) is 18.5 Å². The minimum Gasteiger partial charge on any atom is -0.434 e. The van der Waals surface area contributed by atoms with Gasteiger partial charge in [-0.25, -0.2) is 9.89 Å². The van der Waals surface area contributed by atoms with Gasteiger partial charge in [-0.05, 0) is 18.0 Å². The van der Waals surface area contributed by atoms with Crippen LogP contribution in [0.3, 0.4) is 0 Å².